The first kappa shape index (κ1) is 14.4. The highest BCUT2D eigenvalue weighted by molar-refractivity contribution is 7.12. The van der Waals surface area contributed by atoms with E-state index < -0.39 is 0 Å². The van der Waals surface area contributed by atoms with Crippen molar-refractivity contribution in [2.45, 2.75) is 26.3 Å². The van der Waals surface area contributed by atoms with E-state index in [0.29, 0.717) is 6.54 Å². The van der Waals surface area contributed by atoms with Gasteiger partial charge in [-0.15, -0.1) is 23.7 Å². The fourth-order valence-corrected chi connectivity index (χ4v) is 1.84. The second-order valence-electron chi connectivity index (χ2n) is 3.97. The molecule has 0 saturated heterocycles. The van der Waals surface area contributed by atoms with Gasteiger partial charge in [0, 0.05) is 12.1 Å². The van der Waals surface area contributed by atoms with Gasteiger partial charge in [0.05, 0.1) is 4.88 Å². The van der Waals surface area contributed by atoms with Crippen molar-refractivity contribution in [3.63, 3.8) is 0 Å². The molecule has 5 heteroatoms. The van der Waals surface area contributed by atoms with Crippen molar-refractivity contribution >= 4 is 29.7 Å². The van der Waals surface area contributed by atoms with Crippen molar-refractivity contribution in [2.24, 2.45) is 5.73 Å². The molecular formula is C10H17ClN2OS. The zero-order chi connectivity index (χ0) is 10.8. The Labute approximate surface area is 100 Å². The number of rotatable bonds is 3. The number of carbonyl (C=O) groups excluding carboxylic acids is 1. The Kier molecular flexibility index (Phi) is 5.28. The van der Waals surface area contributed by atoms with Gasteiger partial charge in [0.15, 0.2) is 0 Å². The summed E-state index contributed by atoms with van der Waals surface area (Å²) in [5.41, 5.74) is 6.21. The molecule has 1 aromatic rings. The molecule has 3 N–H and O–H groups in total. The number of hydrogen-bond acceptors (Lipinski definition) is 3. The van der Waals surface area contributed by atoms with Crippen LogP contribution in [0.25, 0.3) is 0 Å². The standard InChI is InChI=1S/C10H16N2OS.ClH/c1-7-4-5-14-8(7)9(13)12-10(2,3)6-11;/h4-5H,6,11H2,1-3H3,(H,12,13);1H. The molecule has 0 radical (unpaired) electrons. The highest BCUT2D eigenvalue weighted by atomic mass is 35.5. The van der Waals surface area contributed by atoms with Crippen LogP contribution in [-0.2, 0) is 0 Å². The number of thiophene rings is 1. The van der Waals surface area contributed by atoms with E-state index in [1.54, 1.807) is 0 Å². The van der Waals surface area contributed by atoms with Crippen molar-refractivity contribution in [3.05, 3.63) is 21.9 Å². The number of carbonyl (C=O) groups is 1. The molecule has 86 valence electrons. The largest absolute Gasteiger partial charge is 0.345 e. The van der Waals surface area contributed by atoms with Gasteiger partial charge in [0.25, 0.3) is 5.91 Å². The molecular weight excluding hydrogens is 232 g/mol. The molecule has 0 aliphatic carbocycles. The van der Waals surface area contributed by atoms with Gasteiger partial charge >= 0.3 is 0 Å². The van der Waals surface area contributed by atoms with Crippen molar-refractivity contribution in [1.29, 1.82) is 0 Å². The third-order valence-electron chi connectivity index (χ3n) is 2.03. The zero-order valence-electron chi connectivity index (χ0n) is 9.16. The molecule has 0 fully saturated rings. The molecule has 1 aromatic heterocycles. The van der Waals surface area contributed by atoms with Crippen LogP contribution in [0, 0.1) is 6.92 Å². The van der Waals surface area contributed by atoms with Gasteiger partial charge in [-0.2, -0.15) is 0 Å². The van der Waals surface area contributed by atoms with Gasteiger partial charge in [-0.25, -0.2) is 0 Å². The number of halogens is 1. The second-order valence-corrected chi connectivity index (χ2v) is 4.89. The molecule has 3 nitrogen and oxygen atoms in total. The first-order chi connectivity index (χ1) is 6.46. The molecule has 0 saturated carbocycles. The Bertz CT molecular complexity index is 336. The van der Waals surface area contributed by atoms with Crippen molar-refractivity contribution in [2.75, 3.05) is 6.54 Å². The third kappa shape index (κ3) is 3.81. The molecule has 15 heavy (non-hydrogen) atoms. The summed E-state index contributed by atoms with van der Waals surface area (Å²) in [6.07, 6.45) is 0. The smallest absolute Gasteiger partial charge is 0.262 e. The molecule has 1 heterocycles. The lowest BCUT2D eigenvalue weighted by Crippen LogP contribution is -2.48. The van der Waals surface area contributed by atoms with Gasteiger partial charge < -0.3 is 11.1 Å². The molecule has 0 aliphatic heterocycles. The predicted molar refractivity (Wildman–Crippen MR) is 66.9 cm³/mol. The van der Waals surface area contributed by atoms with Crippen LogP contribution in [0.2, 0.25) is 0 Å². The van der Waals surface area contributed by atoms with E-state index >= 15 is 0 Å². The van der Waals surface area contributed by atoms with Crippen LogP contribution in [-0.4, -0.2) is 18.0 Å². The molecule has 0 atom stereocenters. The summed E-state index contributed by atoms with van der Waals surface area (Å²) in [7, 11) is 0. The van der Waals surface area contributed by atoms with Crippen LogP contribution < -0.4 is 11.1 Å². The number of nitrogens with one attached hydrogen (secondary N) is 1. The SMILES string of the molecule is Cc1ccsc1C(=O)NC(C)(C)CN.Cl. The average molecular weight is 249 g/mol. The molecule has 0 unspecified atom stereocenters. The predicted octanol–water partition coefficient (Wildman–Crippen LogP) is 1.95. The maximum Gasteiger partial charge on any atom is 0.262 e. The Morgan fingerprint density at radius 3 is 2.60 bits per heavy atom. The molecule has 1 amide bonds. The summed E-state index contributed by atoms with van der Waals surface area (Å²) >= 11 is 1.46. The lowest BCUT2D eigenvalue weighted by Gasteiger charge is -2.23. The van der Waals surface area contributed by atoms with Gasteiger partial charge in [-0.3, -0.25) is 4.79 Å². The van der Waals surface area contributed by atoms with E-state index in [9.17, 15) is 4.79 Å². The fourth-order valence-electron chi connectivity index (χ4n) is 1.02. The fraction of sp³-hybridized carbons (Fsp3) is 0.500. The average Bonchev–Trinajstić information content (AvgIpc) is 2.51. The number of hydrogen-bond donors (Lipinski definition) is 2. The normalized spacial score (nSPS) is 10.7. The zero-order valence-corrected chi connectivity index (χ0v) is 10.8. The lowest BCUT2D eigenvalue weighted by molar-refractivity contribution is 0.0919. The Morgan fingerprint density at radius 1 is 1.60 bits per heavy atom. The Hall–Kier alpha value is -0.580. The van der Waals surface area contributed by atoms with E-state index in [4.69, 9.17) is 5.73 Å². The quantitative estimate of drug-likeness (QED) is 0.859. The van der Waals surface area contributed by atoms with Crippen molar-refractivity contribution < 1.29 is 4.79 Å². The van der Waals surface area contributed by atoms with Crippen LogP contribution in [0.5, 0.6) is 0 Å². The van der Waals surface area contributed by atoms with E-state index in [1.165, 1.54) is 11.3 Å². The molecule has 0 aliphatic rings. The molecule has 0 spiro atoms. The maximum atomic E-state index is 11.7. The van der Waals surface area contributed by atoms with Gasteiger partial charge in [-0.1, -0.05) is 0 Å². The number of amides is 1. The number of aryl methyl sites for hydroxylation is 1. The minimum atomic E-state index is -0.340. The van der Waals surface area contributed by atoms with Crippen molar-refractivity contribution in [1.82, 2.24) is 5.32 Å². The first-order valence-corrected chi connectivity index (χ1v) is 5.41. The highest BCUT2D eigenvalue weighted by Gasteiger charge is 2.20. The Balaban J connectivity index is 0.00000196. The van der Waals surface area contributed by atoms with E-state index in [0.717, 1.165) is 10.4 Å². The van der Waals surface area contributed by atoms with Crippen LogP contribution in [0.3, 0.4) is 0 Å². The van der Waals surface area contributed by atoms with E-state index in [2.05, 4.69) is 5.32 Å². The highest BCUT2D eigenvalue weighted by Crippen LogP contribution is 2.16. The maximum absolute atomic E-state index is 11.7. The summed E-state index contributed by atoms with van der Waals surface area (Å²) in [5.74, 6) is -0.0343. The second kappa shape index (κ2) is 5.49. The van der Waals surface area contributed by atoms with Crippen LogP contribution in [0.4, 0.5) is 0 Å². The van der Waals surface area contributed by atoms with Gasteiger partial charge in [0.1, 0.15) is 0 Å². The lowest BCUT2D eigenvalue weighted by atomic mass is 10.1. The topological polar surface area (TPSA) is 55.1 Å². The number of nitrogens with two attached hydrogens (primary N) is 1. The third-order valence-corrected chi connectivity index (χ3v) is 3.05. The monoisotopic (exact) mass is 248 g/mol. The van der Waals surface area contributed by atoms with Crippen LogP contribution in [0.15, 0.2) is 11.4 Å². The molecule has 0 aromatic carbocycles. The van der Waals surface area contributed by atoms with Gasteiger partial charge in [0.2, 0.25) is 0 Å². The van der Waals surface area contributed by atoms with E-state index in [-0.39, 0.29) is 23.9 Å². The first-order valence-electron chi connectivity index (χ1n) is 4.53. The van der Waals surface area contributed by atoms with Crippen LogP contribution >= 0.6 is 23.7 Å². The summed E-state index contributed by atoms with van der Waals surface area (Å²) < 4.78 is 0. The summed E-state index contributed by atoms with van der Waals surface area (Å²) in [5, 5.41) is 4.81. The molecule has 0 bridgehead atoms. The van der Waals surface area contributed by atoms with E-state index in [1.807, 2.05) is 32.2 Å². The van der Waals surface area contributed by atoms with Crippen LogP contribution in [0.1, 0.15) is 29.1 Å². The Morgan fingerprint density at radius 2 is 2.20 bits per heavy atom. The van der Waals surface area contributed by atoms with Gasteiger partial charge in [-0.05, 0) is 37.8 Å². The molecule has 1 rings (SSSR count). The summed E-state index contributed by atoms with van der Waals surface area (Å²) in [4.78, 5) is 12.5. The summed E-state index contributed by atoms with van der Waals surface area (Å²) in [6, 6.07) is 1.94. The van der Waals surface area contributed by atoms with Crippen molar-refractivity contribution in [3.8, 4) is 0 Å². The minimum Gasteiger partial charge on any atom is -0.345 e. The minimum absolute atomic E-state index is 0. The summed E-state index contributed by atoms with van der Waals surface area (Å²) in [6.45, 7) is 6.19.